The van der Waals surface area contributed by atoms with Gasteiger partial charge in [0.15, 0.2) is 5.96 Å². The molecule has 138 valence electrons. The lowest BCUT2D eigenvalue weighted by Gasteiger charge is -2.31. The number of amides is 1. The minimum absolute atomic E-state index is 0.169. The van der Waals surface area contributed by atoms with Crippen molar-refractivity contribution in [2.24, 2.45) is 4.99 Å². The van der Waals surface area contributed by atoms with Crippen LogP contribution < -0.4 is 16.0 Å². The lowest BCUT2D eigenvalue weighted by atomic mass is 10.2. The Kier molecular flexibility index (Phi) is 8.32. The van der Waals surface area contributed by atoms with Crippen molar-refractivity contribution in [3.8, 4) is 0 Å². The maximum Gasteiger partial charge on any atom is 0.220 e. The molecule has 0 radical (unpaired) electrons. The Morgan fingerprint density at radius 3 is 2.71 bits per heavy atom. The van der Waals surface area contributed by atoms with Crippen molar-refractivity contribution in [2.45, 2.75) is 51.6 Å². The number of morpholine rings is 1. The Labute approximate surface area is 145 Å². The van der Waals surface area contributed by atoms with E-state index in [0.29, 0.717) is 18.5 Å². The topological polar surface area (TPSA) is 78.0 Å². The number of hydrogen-bond donors (Lipinski definition) is 3. The average molecular weight is 339 g/mol. The molecule has 1 saturated carbocycles. The lowest BCUT2D eigenvalue weighted by molar-refractivity contribution is -0.121. The highest BCUT2D eigenvalue weighted by Gasteiger charge is 2.22. The fraction of sp³-hybridized carbons (Fsp3) is 0.882. The molecule has 2 fully saturated rings. The number of nitrogens with one attached hydrogen (secondary N) is 3. The monoisotopic (exact) mass is 339 g/mol. The van der Waals surface area contributed by atoms with Gasteiger partial charge in [0, 0.05) is 44.7 Å². The molecule has 1 amide bonds. The van der Waals surface area contributed by atoms with E-state index in [1.54, 1.807) is 0 Å². The summed E-state index contributed by atoms with van der Waals surface area (Å²) in [6, 6.07) is 0.861. The van der Waals surface area contributed by atoms with Crippen LogP contribution in [0, 0.1) is 0 Å². The first-order valence-corrected chi connectivity index (χ1v) is 9.32. The lowest BCUT2D eigenvalue weighted by Crippen LogP contribution is -2.44. The van der Waals surface area contributed by atoms with E-state index in [0.717, 1.165) is 71.2 Å². The summed E-state index contributed by atoms with van der Waals surface area (Å²) < 4.78 is 5.39. The molecule has 1 aliphatic heterocycles. The van der Waals surface area contributed by atoms with Crippen LogP contribution in [0.3, 0.4) is 0 Å². The third-order valence-corrected chi connectivity index (χ3v) is 4.34. The van der Waals surface area contributed by atoms with Crippen LogP contribution in [0.1, 0.15) is 39.5 Å². The molecule has 24 heavy (non-hydrogen) atoms. The number of nitrogens with zero attached hydrogens (tertiary/aromatic N) is 2. The summed E-state index contributed by atoms with van der Waals surface area (Å²) in [5, 5.41) is 9.60. The van der Waals surface area contributed by atoms with E-state index in [1.807, 2.05) is 0 Å². The van der Waals surface area contributed by atoms with Crippen molar-refractivity contribution >= 4 is 11.9 Å². The minimum atomic E-state index is 0.169. The van der Waals surface area contributed by atoms with Crippen LogP contribution in [-0.2, 0) is 9.53 Å². The van der Waals surface area contributed by atoms with Crippen molar-refractivity contribution < 1.29 is 9.53 Å². The average Bonchev–Trinajstić information content (AvgIpc) is 3.40. The zero-order valence-corrected chi connectivity index (χ0v) is 15.1. The van der Waals surface area contributed by atoms with E-state index >= 15 is 0 Å². The number of guanidine groups is 1. The molecule has 1 heterocycles. The molecule has 7 nitrogen and oxygen atoms in total. The second kappa shape index (κ2) is 10.5. The predicted octanol–water partition coefficient (Wildman–Crippen LogP) is 0.321. The number of carbonyl (C=O) groups excluding carboxylic acids is 1. The normalized spacial score (nSPS) is 20.5. The molecule has 0 aromatic carbocycles. The van der Waals surface area contributed by atoms with Crippen LogP contribution >= 0.6 is 0 Å². The molecule has 2 rings (SSSR count). The molecular weight excluding hydrogens is 306 g/mol. The molecule has 0 spiro atoms. The van der Waals surface area contributed by atoms with E-state index in [-0.39, 0.29) is 5.91 Å². The molecule has 1 unspecified atom stereocenters. The second-order valence-corrected chi connectivity index (χ2v) is 6.59. The quantitative estimate of drug-likeness (QED) is 0.320. The van der Waals surface area contributed by atoms with Crippen molar-refractivity contribution in [1.29, 1.82) is 0 Å². The van der Waals surface area contributed by atoms with Gasteiger partial charge in [0.2, 0.25) is 5.91 Å². The number of aliphatic imine (C=N–C) groups is 1. The number of hydrogen-bond acceptors (Lipinski definition) is 4. The highest BCUT2D eigenvalue weighted by Crippen LogP contribution is 2.18. The van der Waals surface area contributed by atoms with E-state index < -0.39 is 0 Å². The molecule has 7 heteroatoms. The van der Waals surface area contributed by atoms with Crippen LogP contribution in [-0.4, -0.2) is 74.8 Å². The molecule has 1 atom stereocenters. The van der Waals surface area contributed by atoms with Crippen molar-refractivity contribution in [1.82, 2.24) is 20.9 Å². The summed E-state index contributed by atoms with van der Waals surface area (Å²) in [4.78, 5) is 18.7. The molecule has 0 bridgehead atoms. The SMILES string of the molecule is CCNC(=NCC(C)N1CCOCC1)NCCCC(=O)NC1CC1. The number of carbonyl (C=O) groups is 1. The van der Waals surface area contributed by atoms with Gasteiger partial charge in [0.1, 0.15) is 0 Å². The van der Waals surface area contributed by atoms with E-state index in [9.17, 15) is 4.79 Å². The summed E-state index contributed by atoms with van der Waals surface area (Å²) in [7, 11) is 0. The van der Waals surface area contributed by atoms with Gasteiger partial charge in [0.25, 0.3) is 0 Å². The first-order chi connectivity index (χ1) is 11.7. The van der Waals surface area contributed by atoms with Crippen LogP contribution in [0.5, 0.6) is 0 Å². The van der Waals surface area contributed by atoms with Gasteiger partial charge in [0.05, 0.1) is 19.8 Å². The molecule has 1 aliphatic carbocycles. The van der Waals surface area contributed by atoms with Gasteiger partial charge in [-0.25, -0.2) is 0 Å². The number of rotatable bonds is 9. The maximum atomic E-state index is 11.7. The highest BCUT2D eigenvalue weighted by atomic mass is 16.5. The van der Waals surface area contributed by atoms with Gasteiger partial charge in [-0.1, -0.05) is 0 Å². The van der Waals surface area contributed by atoms with Gasteiger partial charge in [-0.15, -0.1) is 0 Å². The highest BCUT2D eigenvalue weighted by molar-refractivity contribution is 5.80. The Balaban J connectivity index is 1.64. The molecule has 2 aliphatic rings. The zero-order valence-electron chi connectivity index (χ0n) is 15.1. The first-order valence-electron chi connectivity index (χ1n) is 9.32. The van der Waals surface area contributed by atoms with Crippen molar-refractivity contribution in [3.63, 3.8) is 0 Å². The summed E-state index contributed by atoms with van der Waals surface area (Å²) in [6.07, 6.45) is 3.68. The molecule has 0 aromatic rings. The minimum Gasteiger partial charge on any atom is -0.379 e. The largest absolute Gasteiger partial charge is 0.379 e. The predicted molar refractivity (Wildman–Crippen MR) is 96.2 cm³/mol. The Morgan fingerprint density at radius 1 is 1.29 bits per heavy atom. The Morgan fingerprint density at radius 2 is 2.04 bits per heavy atom. The fourth-order valence-corrected chi connectivity index (χ4v) is 2.68. The van der Waals surface area contributed by atoms with Gasteiger partial charge >= 0.3 is 0 Å². The molecule has 3 N–H and O–H groups in total. The standard InChI is InChI=1S/C17H33N5O2/c1-3-18-17(19-8-4-5-16(23)21-15-6-7-15)20-13-14(2)22-9-11-24-12-10-22/h14-15H,3-13H2,1-2H3,(H,21,23)(H2,18,19,20). The number of ether oxygens (including phenoxy) is 1. The second-order valence-electron chi connectivity index (χ2n) is 6.59. The third kappa shape index (κ3) is 7.49. The van der Waals surface area contributed by atoms with E-state index in [2.05, 4.69) is 39.7 Å². The summed E-state index contributed by atoms with van der Waals surface area (Å²) in [6.45, 7) is 10.2. The van der Waals surface area contributed by atoms with Crippen LogP contribution in [0.25, 0.3) is 0 Å². The van der Waals surface area contributed by atoms with Gasteiger partial charge in [-0.05, 0) is 33.1 Å². The van der Waals surface area contributed by atoms with Gasteiger partial charge < -0.3 is 20.7 Å². The fourth-order valence-electron chi connectivity index (χ4n) is 2.68. The first kappa shape index (κ1) is 19.0. The van der Waals surface area contributed by atoms with Crippen molar-refractivity contribution in [2.75, 3.05) is 45.9 Å². The van der Waals surface area contributed by atoms with Crippen LogP contribution in [0.15, 0.2) is 4.99 Å². The third-order valence-electron chi connectivity index (χ3n) is 4.34. The molecule has 0 aromatic heterocycles. The van der Waals surface area contributed by atoms with Crippen molar-refractivity contribution in [3.05, 3.63) is 0 Å². The van der Waals surface area contributed by atoms with Crippen LogP contribution in [0.4, 0.5) is 0 Å². The Hall–Kier alpha value is -1.34. The van der Waals surface area contributed by atoms with Crippen LogP contribution in [0.2, 0.25) is 0 Å². The maximum absolute atomic E-state index is 11.7. The molecule has 1 saturated heterocycles. The summed E-state index contributed by atoms with van der Waals surface area (Å²) in [5.41, 5.74) is 0. The van der Waals surface area contributed by atoms with E-state index in [1.165, 1.54) is 0 Å². The summed E-state index contributed by atoms with van der Waals surface area (Å²) in [5.74, 6) is 1.00. The zero-order chi connectivity index (χ0) is 17.2. The van der Waals surface area contributed by atoms with Gasteiger partial charge in [-0.3, -0.25) is 14.7 Å². The smallest absolute Gasteiger partial charge is 0.220 e. The summed E-state index contributed by atoms with van der Waals surface area (Å²) >= 11 is 0. The van der Waals surface area contributed by atoms with Gasteiger partial charge in [-0.2, -0.15) is 0 Å². The molecular formula is C17H33N5O2. The Bertz CT molecular complexity index is 406. The van der Waals surface area contributed by atoms with E-state index in [4.69, 9.17) is 4.74 Å².